The molecule has 0 atom stereocenters. The number of hydrogen-bond acceptors (Lipinski definition) is 3. The molecule has 0 aliphatic rings. The second kappa shape index (κ2) is 9.64. The zero-order chi connectivity index (χ0) is 25.3. The van der Waals surface area contributed by atoms with Crippen LogP contribution in [0.1, 0.15) is 32.7 Å². The number of para-hydroxylation sites is 1. The highest BCUT2D eigenvalue weighted by Gasteiger charge is 2.22. The van der Waals surface area contributed by atoms with Gasteiger partial charge in [-0.2, -0.15) is 0 Å². The summed E-state index contributed by atoms with van der Waals surface area (Å²) in [6.07, 6.45) is 0. The fourth-order valence-corrected chi connectivity index (χ4v) is 4.06. The van der Waals surface area contributed by atoms with E-state index in [0.717, 1.165) is 22.3 Å². The topological polar surface area (TPSA) is 92.2 Å². The molecule has 1 heterocycles. The molecule has 3 amide bonds. The third kappa shape index (κ3) is 4.90. The number of aromatic nitrogens is 1. The molecule has 0 saturated carbocycles. The highest BCUT2D eigenvalue weighted by Crippen LogP contribution is 2.25. The van der Waals surface area contributed by atoms with Crippen LogP contribution in [0.5, 0.6) is 0 Å². The Morgan fingerprint density at radius 1 is 0.771 bits per heavy atom. The Hall–Kier alpha value is -4.10. The molecule has 4 rings (SSSR count). The van der Waals surface area contributed by atoms with Gasteiger partial charge in [0.05, 0.1) is 5.52 Å². The Kier molecular flexibility index (Phi) is 6.62. The van der Waals surface area contributed by atoms with Crippen molar-refractivity contribution in [1.82, 2.24) is 4.68 Å². The average Bonchev–Trinajstić information content (AvgIpc) is 3.16. The molecule has 0 aliphatic heterocycles. The first kappa shape index (κ1) is 24.0. The van der Waals surface area contributed by atoms with Gasteiger partial charge in [-0.1, -0.05) is 41.9 Å². The predicted molar refractivity (Wildman–Crippen MR) is 140 cm³/mol. The van der Waals surface area contributed by atoms with Crippen LogP contribution in [0.3, 0.4) is 0 Å². The maximum atomic E-state index is 13.3. The highest BCUT2D eigenvalue weighted by molar-refractivity contribution is 6.42. The smallest absolute Gasteiger partial charge is 0.320 e. The van der Waals surface area contributed by atoms with E-state index in [0.29, 0.717) is 27.3 Å². The molecule has 1 aromatic heterocycles. The van der Waals surface area contributed by atoms with Crippen molar-refractivity contribution in [3.05, 3.63) is 93.6 Å². The molecule has 0 saturated heterocycles. The average molecular weight is 489 g/mol. The minimum Gasteiger partial charge on any atom is -0.320 e. The number of carbonyl (C=O) groups is 3. The minimum atomic E-state index is -0.917. The van der Waals surface area contributed by atoms with E-state index >= 15 is 0 Å². The van der Waals surface area contributed by atoms with Crippen LogP contribution in [-0.4, -0.2) is 22.4 Å². The van der Waals surface area contributed by atoms with E-state index in [2.05, 4.69) is 16.1 Å². The number of nitrogens with zero attached hydrogens (tertiary/aromatic N) is 1. The fourth-order valence-electron chi connectivity index (χ4n) is 3.88. The van der Waals surface area contributed by atoms with Crippen LogP contribution < -0.4 is 16.1 Å². The first-order chi connectivity index (χ1) is 16.7. The lowest BCUT2D eigenvalue weighted by molar-refractivity contribution is -0.133. The van der Waals surface area contributed by atoms with Gasteiger partial charge in [0.1, 0.15) is 5.69 Å². The molecule has 0 aliphatic carbocycles. The first-order valence-corrected chi connectivity index (χ1v) is 11.4. The number of fused-ring (bicyclic) bond motifs is 1. The van der Waals surface area contributed by atoms with Crippen LogP contribution in [0.25, 0.3) is 10.9 Å². The number of aryl methyl sites for hydroxylation is 3. The van der Waals surface area contributed by atoms with E-state index < -0.39 is 17.7 Å². The number of anilines is 2. The second-order valence-corrected chi connectivity index (χ2v) is 8.87. The van der Waals surface area contributed by atoms with Gasteiger partial charge in [-0.05, 0) is 80.3 Å². The molecule has 0 bridgehead atoms. The molecule has 3 aromatic carbocycles. The van der Waals surface area contributed by atoms with Gasteiger partial charge in [-0.25, -0.2) is 4.68 Å². The molecule has 3 N–H and O–H groups in total. The van der Waals surface area contributed by atoms with Crippen LogP contribution in [0.2, 0.25) is 5.02 Å². The molecule has 8 heteroatoms. The Morgan fingerprint density at radius 3 is 2.14 bits per heavy atom. The number of rotatable bonds is 4. The van der Waals surface area contributed by atoms with Crippen molar-refractivity contribution >= 4 is 51.6 Å². The van der Waals surface area contributed by atoms with Crippen LogP contribution in [-0.2, 0) is 9.59 Å². The van der Waals surface area contributed by atoms with Gasteiger partial charge in [0.2, 0.25) is 0 Å². The molecule has 0 radical (unpaired) electrons. The van der Waals surface area contributed by atoms with Gasteiger partial charge in [0, 0.05) is 21.8 Å². The monoisotopic (exact) mass is 488 g/mol. The third-order valence-corrected chi connectivity index (χ3v) is 6.22. The standard InChI is InChI=1S/C27H25ClN4O3/c1-15-7-6-10-21(18(15)4)29-26(34)27(35)31-32-22-12-11-20(28)13-19(22)14-23(32)25(33)30-24-16(2)8-5-9-17(24)3/h5-14H,1-4H3,(H,29,34)(H,30,33)(H,31,35). The lowest BCUT2D eigenvalue weighted by Crippen LogP contribution is -2.36. The third-order valence-electron chi connectivity index (χ3n) is 5.99. The van der Waals surface area contributed by atoms with E-state index in [9.17, 15) is 14.4 Å². The highest BCUT2D eigenvalue weighted by atomic mass is 35.5. The zero-order valence-electron chi connectivity index (χ0n) is 19.8. The van der Waals surface area contributed by atoms with Gasteiger partial charge in [-0.3, -0.25) is 19.8 Å². The largest absolute Gasteiger partial charge is 0.328 e. The van der Waals surface area contributed by atoms with Crippen LogP contribution in [0.4, 0.5) is 11.4 Å². The molecule has 35 heavy (non-hydrogen) atoms. The molecule has 4 aromatic rings. The Morgan fingerprint density at radius 2 is 1.43 bits per heavy atom. The van der Waals surface area contributed by atoms with Crippen LogP contribution in [0, 0.1) is 27.7 Å². The van der Waals surface area contributed by atoms with E-state index in [4.69, 9.17) is 11.6 Å². The van der Waals surface area contributed by atoms with Crippen LogP contribution >= 0.6 is 11.6 Å². The maximum Gasteiger partial charge on any atom is 0.328 e. The van der Waals surface area contributed by atoms with Gasteiger partial charge in [0.15, 0.2) is 0 Å². The van der Waals surface area contributed by atoms with Crippen molar-refractivity contribution in [2.45, 2.75) is 27.7 Å². The van der Waals surface area contributed by atoms with Crippen molar-refractivity contribution in [1.29, 1.82) is 0 Å². The van der Waals surface area contributed by atoms with Crippen molar-refractivity contribution in [3.8, 4) is 0 Å². The van der Waals surface area contributed by atoms with Gasteiger partial charge >= 0.3 is 11.8 Å². The molecular weight excluding hydrogens is 464 g/mol. The van der Waals surface area contributed by atoms with Crippen LogP contribution in [0.15, 0.2) is 60.7 Å². The van der Waals surface area contributed by atoms with E-state index in [1.54, 1.807) is 36.4 Å². The number of carbonyl (C=O) groups excluding carboxylic acids is 3. The summed E-state index contributed by atoms with van der Waals surface area (Å²) >= 11 is 6.14. The van der Waals surface area contributed by atoms with Crippen molar-refractivity contribution in [3.63, 3.8) is 0 Å². The van der Waals surface area contributed by atoms with Crippen molar-refractivity contribution in [2.75, 3.05) is 16.1 Å². The SMILES string of the molecule is Cc1cccc(NC(=O)C(=O)Nn2c(C(=O)Nc3c(C)cccc3C)cc3cc(Cl)ccc32)c1C. The quantitative estimate of drug-likeness (QED) is 0.332. The molecular formula is C27H25ClN4O3. The first-order valence-electron chi connectivity index (χ1n) is 11.0. The summed E-state index contributed by atoms with van der Waals surface area (Å²) in [6.45, 7) is 7.58. The van der Waals surface area contributed by atoms with E-state index in [1.165, 1.54) is 4.68 Å². The second-order valence-electron chi connectivity index (χ2n) is 8.43. The zero-order valence-corrected chi connectivity index (χ0v) is 20.6. The molecule has 0 unspecified atom stereocenters. The summed E-state index contributed by atoms with van der Waals surface area (Å²) < 4.78 is 1.31. The fraction of sp³-hybridized carbons (Fsp3) is 0.148. The minimum absolute atomic E-state index is 0.151. The normalized spacial score (nSPS) is 10.8. The number of hydrogen-bond donors (Lipinski definition) is 3. The molecule has 178 valence electrons. The lowest BCUT2D eigenvalue weighted by Gasteiger charge is -2.15. The van der Waals surface area contributed by atoms with Crippen molar-refractivity contribution in [2.24, 2.45) is 0 Å². The predicted octanol–water partition coefficient (Wildman–Crippen LogP) is 5.49. The molecule has 7 nitrogen and oxygen atoms in total. The number of halogens is 1. The Labute approximate surface area is 208 Å². The number of nitrogens with one attached hydrogen (secondary N) is 3. The summed E-state index contributed by atoms with van der Waals surface area (Å²) in [5.74, 6) is -2.21. The summed E-state index contributed by atoms with van der Waals surface area (Å²) in [4.78, 5) is 38.9. The summed E-state index contributed by atoms with van der Waals surface area (Å²) in [5, 5.41) is 6.68. The number of benzene rings is 3. The molecule has 0 fully saturated rings. The van der Waals surface area contributed by atoms with E-state index in [-0.39, 0.29) is 5.69 Å². The van der Waals surface area contributed by atoms with Gasteiger partial charge in [0.25, 0.3) is 5.91 Å². The van der Waals surface area contributed by atoms with Gasteiger partial charge in [-0.15, -0.1) is 0 Å². The van der Waals surface area contributed by atoms with Gasteiger partial charge < -0.3 is 10.6 Å². The van der Waals surface area contributed by atoms with Crippen molar-refractivity contribution < 1.29 is 14.4 Å². The summed E-state index contributed by atoms with van der Waals surface area (Å²) in [6, 6.07) is 17.8. The Balaban J connectivity index is 1.66. The summed E-state index contributed by atoms with van der Waals surface area (Å²) in [7, 11) is 0. The Bertz CT molecular complexity index is 1470. The molecule has 0 spiro atoms. The summed E-state index contributed by atoms with van der Waals surface area (Å²) in [5.41, 5.74) is 8.13. The van der Waals surface area contributed by atoms with E-state index in [1.807, 2.05) is 52.0 Å². The lowest BCUT2D eigenvalue weighted by atomic mass is 10.1. The number of amides is 3. The maximum absolute atomic E-state index is 13.3.